The van der Waals surface area contributed by atoms with Crippen LogP contribution in [0.1, 0.15) is 16.1 Å². The molecule has 0 bridgehead atoms. The fourth-order valence-corrected chi connectivity index (χ4v) is 2.51. The molecule has 118 valence electrons. The molecular formula is C16H14ClN3O3. The summed E-state index contributed by atoms with van der Waals surface area (Å²) in [7, 11) is 0. The number of benzene rings is 1. The quantitative estimate of drug-likeness (QED) is 0.822. The molecule has 7 heteroatoms. The number of fused-ring (bicyclic) bond motifs is 1. The first-order valence-corrected chi connectivity index (χ1v) is 7.44. The summed E-state index contributed by atoms with van der Waals surface area (Å²) in [5, 5.41) is 0.594. The predicted molar refractivity (Wildman–Crippen MR) is 84.0 cm³/mol. The van der Waals surface area contributed by atoms with E-state index in [0.29, 0.717) is 11.4 Å². The number of rotatable bonds is 2. The summed E-state index contributed by atoms with van der Waals surface area (Å²) >= 11 is 5.95. The van der Waals surface area contributed by atoms with Crippen molar-refractivity contribution in [1.82, 2.24) is 15.8 Å². The van der Waals surface area contributed by atoms with Gasteiger partial charge in [0.15, 0.2) is 0 Å². The molecule has 2 amide bonds. The Balaban J connectivity index is 1.58. The van der Waals surface area contributed by atoms with E-state index in [1.807, 2.05) is 0 Å². The number of ether oxygens (including phenoxy) is 1. The monoisotopic (exact) mass is 331 g/mol. The number of hydrazine groups is 1. The van der Waals surface area contributed by atoms with Crippen LogP contribution in [0.15, 0.2) is 42.6 Å². The van der Waals surface area contributed by atoms with Crippen LogP contribution in [0.4, 0.5) is 0 Å². The van der Waals surface area contributed by atoms with Gasteiger partial charge in [0.1, 0.15) is 18.1 Å². The van der Waals surface area contributed by atoms with Crippen molar-refractivity contribution in [3.05, 3.63) is 58.9 Å². The summed E-state index contributed by atoms with van der Waals surface area (Å²) in [6, 6.07) is 10.3. The van der Waals surface area contributed by atoms with Crippen LogP contribution in [0, 0.1) is 5.92 Å². The van der Waals surface area contributed by atoms with Gasteiger partial charge in [0.05, 0.1) is 5.92 Å². The van der Waals surface area contributed by atoms with Crippen LogP contribution < -0.4 is 15.6 Å². The van der Waals surface area contributed by atoms with E-state index in [-0.39, 0.29) is 18.2 Å². The molecule has 23 heavy (non-hydrogen) atoms. The molecule has 0 saturated heterocycles. The summed E-state index contributed by atoms with van der Waals surface area (Å²) in [6.07, 6.45) is 2.01. The number of nitrogens with zero attached hydrogens (tertiary/aromatic N) is 1. The van der Waals surface area contributed by atoms with Gasteiger partial charge in [-0.3, -0.25) is 25.4 Å². The summed E-state index contributed by atoms with van der Waals surface area (Å²) in [5.74, 6) is -0.458. The Bertz CT molecular complexity index is 737. The van der Waals surface area contributed by atoms with Crippen molar-refractivity contribution in [3.63, 3.8) is 0 Å². The van der Waals surface area contributed by atoms with Crippen LogP contribution in [0.5, 0.6) is 5.75 Å². The highest BCUT2D eigenvalue weighted by Crippen LogP contribution is 2.29. The lowest BCUT2D eigenvalue weighted by Crippen LogP contribution is -2.47. The minimum Gasteiger partial charge on any atom is -0.492 e. The van der Waals surface area contributed by atoms with Crippen molar-refractivity contribution in [3.8, 4) is 5.75 Å². The average molecular weight is 332 g/mol. The van der Waals surface area contributed by atoms with Crippen molar-refractivity contribution in [2.24, 2.45) is 5.92 Å². The van der Waals surface area contributed by atoms with Crippen molar-refractivity contribution < 1.29 is 14.3 Å². The molecule has 1 aromatic carbocycles. The van der Waals surface area contributed by atoms with Gasteiger partial charge in [0, 0.05) is 11.2 Å². The van der Waals surface area contributed by atoms with Crippen LogP contribution in [-0.4, -0.2) is 23.4 Å². The van der Waals surface area contributed by atoms with Gasteiger partial charge in [-0.05, 0) is 42.3 Å². The van der Waals surface area contributed by atoms with Crippen LogP contribution in [0.3, 0.4) is 0 Å². The van der Waals surface area contributed by atoms with Crippen LogP contribution in [0.2, 0.25) is 5.02 Å². The van der Waals surface area contributed by atoms with E-state index in [0.717, 1.165) is 11.3 Å². The number of carbonyl (C=O) groups excluding carboxylic acids is 2. The Morgan fingerprint density at radius 1 is 1.22 bits per heavy atom. The molecule has 0 fully saturated rings. The van der Waals surface area contributed by atoms with Gasteiger partial charge in [-0.2, -0.15) is 0 Å². The Morgan fingerprint density at radius 2 is 2.09 bits per heavy atom. The lowest BCUT2D eigenvalue weighted by atomic mass is 9.96. The first kappa shape index (κ1) is 15.3. The summed E-state index contributed by atoms with van der Waals surface area (Å²) in [5.41, 5.74) is 5.86. The molecule has 0 radical (unpaired) electrons. The molecule has 3 rings (SSSR count). The molecule has 0 aliphatic carbocycles. The minimum absolute atomic E-state index is 0.227. The smallest absolute Gasteiger partial charge is 0.288 e. The Labute approximate surface area is 137 Å². The van der Waals surface area contributed by atoms with E-state index in [4.69, 9.17) is 16.3 Å². The molecule has 0 unspecified atom stereocenters. The van der Waals surface area contributed by atoms with Gasteiger partial charge >= 0.3 is 0 Å². The molecule has 1 atom stereocenters. The summed E-state index contributed by atoms with van der Waals surface area (Å²) in [6.45, 7) is 0.250. The predicted octanol–water partition coefficient (Wildman–Crippen LogP) is 1.75. The lowest BCUT2D eigenvalue weighted by Gasteiger charge is -2.24. The van der Waals surface area contributed by atoms with Crippen LogP contribution in [-0.2, 0) is 11.2 Å². The van der Waals surface area contributed by atoms with Gasteiger partial charge < -0.3 is 4.74 Å². The molecule has 2 heterocycles. The van der Waals surface area contributed by atoms with Gasteiger partial charge in [0.2, 0.25) is 5.91 Å². The number of pyridine rings is 1. The van der Waals surface area contributed by atoms with Gasteiger partial charge in [-0.25, -0.2) is 0 Å². The molecular weight excluding hydrogens is 318 g/mol. The molecule has 2 N–H and O–H groups in total. The third kappa shape index (κ3) is 3.60. The van der Waals surface area contributed by atoms with Crippen molar-refractivity contribution in [1.29, 1.82) is 0 Å². The maximum atomic E-state index is 12.2. The third-order valence-corrected chi connectivity index (χ3v) is 3.73. The van der Waals surface area contributed by atoms with E-state index in [1.54, 1.807) is 36.4 Å². The number of aromatic nitrogens is 1. The molecule has 1 aliphatic rings. The minimum atomic E-state index is -0.473. The second kappa shape index (κ2) is 6.66. The van der Waals surface area contributed by atoms with E-state index >= 15 is 0 Å². The average Bonchev–Trinajstić information content (AvgIpc) is 2.59. The number of hydrogen-bond acceptors (Lipinski definition) is 4. The zero-order chi connectivity index (χ0) is 16.2. The highest BCUT2D eigenvalue weighted by atomic mass is 35.5. The second-order valence-electron chi connectivity index (χ2n) is 5.12. The lowest BCUT2D eigenvalue weighted by molar-refractivity contribution is -0.127. The number of carbonyl (C=O) groups is 2. The number of hydrogen-bond donors (Lipinski definition) is 2. The highest BCUT2D eigenvalue weighted by molar-refractivity contribution is 6.30. The zero-order valence-electron chi connectivity index (χ0n) is 12.1. The normalized spacial score (nSPS) is 16.0. The Morgan fingerprint density at radius 3 is 2.87 bits per heavy atom. The van der Waals surface area contributed by atoms with E-state index in [9.17, 15) is 9.59 Å². The first-order valence-electron chi connectivity index (χ1n) is 7.06. The van der Waals surface area contributed by atoms with Crippen molar-refractivity contribution in [2.45, 2.75) is 6.42 Å². The van der Waals surface area contributed by atoms with Crippen molar-refractivity contribution >= 4 is 23.4 Å². The number of halogens is 1. The molecule has 0 saturated carbocycles. The van der Waals surface area contributed by atoms with E-state index in [1.165, 1.54) is 6.20 Å². The zero-order valence-corrected chi connectivity index (χ0v) is 12.8. The molecule has 2 aromatic rings. The Hall–Kier alpha value is -2.60. The maximum Gasteiger partial charge on any atom is 0.288 e. The molecule has 0 spiro atoms. The van der Waals surface area contributed by atoms with Crippen molar-refractivity contribution in [2.75, 3.05) is 6.61 Å². The summed E-state index contributed by atoms with van der Waals surface area (Å²) in [4.78, 5) is 27.9. The number of nitrogens with one attached hydrogen (secondary N) is 2. The highest BCUT2D eigenvalue weighted by Gasteiger charge is 2.26. The molecule has 1 aromatic heterocycles. The standard InChI is InChI=1S/C16H14ClN3O3/c17-12-4-5-14-10(8-12)7-11(9-23-14)15(21)19-20-16(22)13-3-1-2-6-18-13/h1-6,8,11H,7,9H2,(H,19,21)(H,20,22)/t11-/m1/s1. The van der Waals surface area contributed by atoms with Gasteiger partial charge in [0.25, 0.3) is 5.91 Å². The fourth-order valence-electron chi connectivity index (χ4n) is 2.31. The van der Waals surface area contributed by atoms with E-state index in [2.05, 4.69) is 15.8 Å². The molecule has 6 nitrogen and oxygen atoms in total. The third-order valence-electron chi connectivity index (χ3n) is 3.50. The SMILES string of the molecule is O=C(NNC(=O)[C@H]1COc2ccc(Cl)cc2C1)c1ccccn1. The van der Waals surface area contributed by atoms with Gasteiger partial charge in [-0.15, -0.1) is 0 Å². The van der Waals surface area contributed by atoms with Gasteiger partial charge in [-0.1, -0.05) is 17.7 Å². The summed E-state index contributed by atoms with van der Waals surface area (Å²) < 4.78 is 5.56. The largest absolute Gasteiger partial charge is 0.492 e. The van der Waals surface area contributed by atoms with Crippen LogP contribution in [0.25, 0.3) is 0 Å². The fraction of sp³-hybridized carbons (Fsp3) is 0.188. The maximum absolute atomic E-state index is 12.2. The second-order valence-corrected chi connectivity index (χ2v) is 5.56. The molecule has 1 aliphatic heterocycles. The number of amides is 2. The van der Waals surface area contributed by atoms with E-state index < -0.39 is 11.8 Å². The Kier molecular flexibility index (Phi) is 4.43. The van der Waals surface area contributed by atoms with Crippen LogP contribution >= 0.6 is 11.6 Å². The topological polar surface area (TPSA) is 80.3 Å². The first-order chi connectivity index (χ1) is 11.1.